The fraction of sp³-hybridized carbons (Fsp3) is 0.600. The van der Waals surface area contributed by atoms with E-state index in [0.29, 0.717) is 22.9 Å². The van der Waals surface area contributed by atoms with Crippen molar-refractivity contribution in [3.05, 3.63) is 35.4 Å². The summed E-state index contributed by atoms with van der Waals surface area (Å²) in [5.74, 6) is -0.399. The smallest absolute Gasteiger partial charge is 0.338 e. The zero-order chi connectivity index (χ0) is 27.7. The van der Waals surface area contributed by atoms with Gasteiger partial charge in [-0.1, -0.05) is 24.9 Å². The van der Waals surface area contributed by atoms with Crippen LogP contribution in [0.2, 0.25) is 0 Å². The van der Waals surface area contributed by atoms with Gasteiger partial charge in [0.2, 0.25) is 5.91 Å². The number of anilines is 1. The molecule has 3 heterocycles. The van der Waals surface area contributed by atoms with E-state index in [-0.39, 0.29) is 24.1 Å². The van der Waals surface area contributed by atoms with Crippen LogP contribution in [-0.4, -0.2) is 62.8 Å². The fourth-order valence-electron chi connectivity index (χ4n) is 5.20. The Balaban J connectivity index is 1.28. The average Bonchev–Trinajstić information content (AvgIpc) is 3.49. The highest BCUT2D eigenvalue weighted by molar-refractivity contribution is 6.01. The fourth-order valence-corrected chi connectivity index (χ4v) is 5.20. The van der Waals surface area contributed by atoms with Crippen LogP contribution in [-0.2, 0) is 11.3 Å². The van der Waals surface area contributed by atoms with E-state index in [0.717, 1.165) is 43.4 Å². The first kappa shape index (κ1) is 26.9. The Morgan fingerprint density at radius 1 is 1.15 bits per heavy atom. The number of hydrogen-bond donors (Lipinski definition) is 3. The van der Waals surface area contributed by atoms with Gasteiger partial charge in [-0.3, -0.25) is 14.6 Å². The number of nitrogens with zero attached hydrogens (tertiary/aromatic N) is 4. The van der Waals surface area contributed by atoms with E-state index in [4.69, 9.17) is 4.63 Å². The number of aromatic nitrogens is 3. The van der Waals surface area contributed by atoms with Crippen LogP contribution >= 0.6 is 0 Å². The molecule has 14 heteroatoms. The summed E-state index contributed by atoms with van der Waals surface area (Å²) < 4.78 is 43.8. The molecule has 2 saturated carbocycles. The quantitative estimate of drug-likeness (QED) is 0.458. The van der Waals surface area contributed by atoms with Crippen LogP contribution in [0.3, 0.4) is 0 Å². The molecule has 2 aromatic heterocycles. The molecule has 0 radical (unpaired) electrons. The predicted octanol–water partition coefficient (Wildman–Crippen LogP) is 3.36. The van der Waals surface area contributed by atoms with Gasteiger partial charge in [-0.2, -0.15) is 13.2 Å². The molecule has 11 nitrogen and oxygen atoms in total. The van der Waals surface area contributed by atoms with Gasteiger partial charge < -0.3 is 20.9 Å². The van der Waals surface area contributed by atoms with Crippen LogP contribution in [0.1, 0.15) is 73.1 Å². The summed E-state index contributed by atoms with van der Waals surface area (Å²) in [7, 11) is 0. The molecule has 3 aliphatic rings. The van der Waals surface area contributed by atoms with Gasteiger partial charge in [0.15, 0.2) is 5.69 Å². The molecule has 5 rings (SSSR count). The van der Waals surface area contributed by atoms with Crippen molar-refractivity contribution < 1.29 is 32.2 Å². The monoisotopic (exact) mass is 549 g/mol. The lowest BCUT2D eigenvalue weighted by atomic mass is 9.79. The second-order valence-electron chi connectivity index (χ2n) is 10.7. The highest BCUT2D eigenvalue weighted by atomic mass is 19.4. The van der Waals surface area contributed by atoms with Crippen molar-refractivity contribution in [1.29, 1.82) is 0 Å². The zero-order valence-corrected chi connectivity index (χ0v) is 21.3. The highest BCUT2D eigenvalue weighted by Crippen LogP contribution is 2.40. The van der Waals surface area contributed by atoms with Gasteiger partial charge in [0.1, 0.15) is 17.8 Å². The lowest BCUT2D eigenvalue weighted by Crippen LogP contribution is -2.49. The molecule has 39 heavy (non-hydrogen) atoms. The lowest BCUT2D eigenvalue weighted by Gasteiger charge is -2.32. The number of carbonyl (C=O) groups excluding carboxylic acids is 3. The van der Waals surface area contributed by atoms with Crippen LogP contribution in [0.15, 0.2) is 23.1 Å². The van der Waals surface area contributed by atoms with Crippen LogP contribution < -0.4 is 16.0 Å². The first-order valence-electron chi connectivity index (χ1n) is 13.1. The van der Waals surface area contributed by atoms with E-state index in [1.165, 1.54) is 12.4 Å². The molecule has 0 bridgehead atoms. The van der Waals surface area contributed by atoms with Crippen molar-refractivity contribution in [3.63, 3.8) is 0 Å². The molecule has 1 saturated heterocycles. The SMILES string of the molecule is CC1CCC([C@H](NC(=O)c2nonc2C2CC2)C(=O)Nc2cncc(CN3C[C@@H](C(F)(F)F)NC3=O)c2)CC1. The van der Waals surface area contributed by atoms with Gasteiger partial charge in [-0.15, -0.1) is 0 Å². The van der Waals surface area contributed by atoms with Gasteiger partial charge >= 0.3 is 12.2 Å². The van der Waals surface area contributed by atoms with Crippen molar-refractivity contribution in [2.75, 3.05) is 11.9 Å². The number of halogens is 3. The maximum Gasteiger partial charge on any atom is 0.410 e. The number of carbonyl (C=O) groups is 3. The minimum absolute atomic E-state index is 0.0872. The highest BCUT2D eigenvalue weighted by Gasteiger charge is 2.46. The lowest BCUT2D eigenvalue weighted by molar-refractivity contribution is -0.149. The molecule has 2 aromatic rings. The number of nitrogens with one attached hydrogen (secondary N) is 3. The number of urea groups is 1. The van der Waals surface area contributed by atoms with Crippen molar-refractivity contribution in [2.45, 2.75) is 76.2 Å². The summed E-state index contributed by atoms with van der Waals surface area (Å²) in [5, 5.41) is 15.2. The molecule has 4 amide bonds. The Kier molecular flexibility index (Phi) is 7.45. The molecule has 0 spiro atoms. The van der Waals surface area contributed by atoms with Gasteiger partial charge in [0, 0.05) is 18.7 Å². The molecule has 3 N–H and O–H groups in total. The molecular weight excluding hydrogens is 519 g/mol. The number of pyridine rings is 1. The molecule has 0 aromatic carbocycles. The molecule has 0 unspecified atom stereocenters. The van der Waals surface area contributed by atoms with Crippen molar-refractivity contribution in [1.82, 2.24) is 30.8 Å². The Labute approximate surface area is 222 Å². The Hall–Kier alpha value is -3.71. The summed E-state index contributed by atoms with van der Waals surface area (Å²) in [5.41, 5.74) is 1.33. The Morgan fingerprint density at radius 3 is 2.56 bits per heavy atom. The summed E-state index contributed by atoms with van der Waals surface area (Å²) in [6, 6.07) is -2.07. The Bertz CT molecular complexity index is 1220. The molecule has 1 aliphatic heterocycles. The minimum atomic E-state index is -4.55. The standard InChI is InChI=1S/C25H30F3N7O4/c1-13-2-4-16(5-3-13)20(32-23(37)21-19(15-6-7-15)33-39-34-21)22(36)30-17-8-14(9-29-10-17)11-35-12-18(25(26,27)28)31-24(35)38/h8-10,13,15-16,18,20H,2-7,11-12H2,1H3,(H,30,36)(H,31,38)(H,32,37)/t13?,16?,18-,20-/m0/s1. The van der Waals surface area contributed by atoms with E-state index < -0.39 is 42.7 Å². The van der Waals surface area contributed by atoms with Crippen LogP contribution in [0.5, 0.6) is 0 Å². The van der Waals surface area contributed by atoms with Gasteiger partial charge in [-0.25, -0.2) is 9.42 Å². The first-order chi connectivity index (χ1) is 18.6. The number of rotatable bonds is 8. The maximum absolute atomic E-state index is 13.5. The normalized spacial score (nSPS) is 24.3. The topological polar surface area (TPSA) is 142 Å². The minimum Gasteiger partial charge on any atom is -0.338 e. The third-order valence-corrected chi connectivity index (χ3v) is 7.61. The summed E-state index contributed by atoms with van der Waals surface area (Å²) in [6.07, 6.45) is 3.45. The van der Waals surface area contributed by atoms with E-state index >= 15 is 0 Å². The van der Waals surface area contributed by atoms with Gasteiger partial charge in [-0.05, 0) is 54.3 Å². The third kappa shape index (κ3) is 6.31. The first-order valence-corrected chi connectivity index (χ1v) is 13.1. The van der Waals surface area contributed by atoms with E-state index in [1.807, 2.05) is 5.32 Å². The van der Waals surface area contributed by atoms with Crippen molar-refractivity contribution in [2.24, 2.45) is 11.8 Å². The summed E-state index contributed by atoms with van der Waals surface area (Å²) in [4.78, 5) is 43.7. The maximum atomic E-state index is 13.5. The van der Waals surface area contributed by atoms with Crippen LogP contribution in [0.4, 0.5) is 23.7 Å². The molecule has 3 fully saturated rings. The molecule has 210 valence electrons. The van der Waals surface area contributed by atoms with Crippen LogP contribution in [0.25, 0.3) is 0 Å². The number of hydrogen-bond acceptors (Lipinski definition) is 7. The van der Waals surface area contributed by atoms with E-state index in [9.17, 15) is 27.6 Å². The molecule has 2 atom stereocenters. The van der Waals surface area contributed by atoms with Crippen molar-refractivity contribution >= 4 is 23.5 Å². The van der Waals surface area contributed by atoms with E-state index in [2.05, 4.69) is 32.9 Å². The summed E-state index contributed by atoms with van der Waals surface area (Å²) in [6.45, 7) is 1.52. The van der Waals surface area contributed by atoms with Gasteiger partial charge in [0.25, 0.3) is 5.91 Å². The molecular formula is C25H30F3N7O4. The van der Waals surface area contributed by atoms with Crippen molar-refractivity contribution in [3.8, 4) is 0 Å². The zero-order valence-electron chi connectivity index (χ0n) is 21.3. The average molecular weight is 550 g/mol. The molecule has 2 aliphatic carbocycles. The number of amides is 4. The largest absolute Gasteiger partial charge is 0.410 e. The van der Waals surface area contributed by atoms with Crippen LogP contribution in [0, 0.1) is 11.8 Å². The van der Waals surface area contributed by atoms with E-state index in [1.54, 1.807) is 6.07 Å². The Morgan fingerprint density at radius 2 is 1.90 bits per heavy atom. The third-order valence-electron chi connectivity index (χ3n) is 7.61. The predicted molar refractivity (Wildman–Crippen MR) is 130 cm³/mol. The second-order valence-corrected chi connectivity index (χ2v) is 10.7. The second kappa shape index (κ2) is 10.8. The van der Waals surface area contributed by atoms with Gasteiger partial charge in [0.05, 0.1) is 18.4 Å². The summed E-state index contributed by atoms with van der Waals surface area (Å²) >= 11 is 0. The number of alkyl halides is 3.